The second-order valence-corrected chi connectivity index (χ2v) is 6.83. The molecule has 0 spiro atoms. The van der Waals surface area contributed by atoms with E-state index in [1.165, 1.54) is 51.5 Å². The standard InChI is InChI=1S/C14H27N/c1-13(2)8-5-4-7-12(13)15-11-14(3)9-6-10-14/h12,15H,4-11H2,1-3H3. The van der Waals surface area contributed by atoms with Crippen molar-refractivity contribution in [1.29, 1.82) is 0 Å². The molecule has 1 unspecified atom stereocenters. The molecule has 2 aliphatic carbocycles. The number of nitrogens with one attached hydrogen (secondary N) is 1. The third-order valence-electron chi connectivity index (χ3n) is 4.84. The van der Waals surface area contributed by atoms with E-state index < -0.39 is 0 Å². The molecule has 0 bridgehead atoms. The molecule has 0 amide bonds. The summed E-state index contributed by atoms with van der Waals surface area (Å²) in [7, 11) is 0. The van der Waals surface area contributed by atoms with Gasteiger partial charge in [-0.3, -0.25) is 0 Å². The Balaban J connectivity index is 1.82. The predicted molar refractivity (Wildman–Crippen MR) is 66.0 cm³/mol. The van der Waals surface area contributed by atoms with Gasteiger partial charge in [0.25, 0.3) is 0 Å². The minimum atomic E-state index is 0.526. The Kier molecular flexibility index (Phi) is 3.12. The van der Waals surface area contributed by atoms with E-state index in [1.807, 2.05) is 0 Å². The maximum atomic E-state index is 3.85. The molecule has 0 radical (unpaired) electrons. The van der Waals surface area contributed by atoms with Crippen LogP contribution >= 0.6 is 0 Å². The van der Waals surface area contributed by atoms with Crippen LogP contribution in [-0.2, 0) is 0 Å². The summed E-state index contributed by atoms with van der Waals surface area (Å²) in [5.74, 6) is 0. The molecular formula is C14H27N. The van der Waals surface area contributed by atoms with Crippen molar-refractivity contribution in [3.05, 3.63) is 0 Å². The highest BCUT2D eigenvalue weighted by Crippen LogP contribution is 2.41. The van der Waals surface area contributed by atoms with Crippen LogP contribution in [0.15, 0.2) is 0 Å². The number of hydrogen-bond donors (Lipinski definition) is 1. The molecule has 2 fully saturated rings. The van der Waals surface area contributed by atoms with Crippen molar-refractivity contribution < 1.29 is 0 Å². The monoisotopic (exact) mass is 209 g/mol. The third kappa shape index (κ3) is 2.55. The lowest BCUT2D eigenvalue weighted by Crippen LogP contribution is -2.49. The molecular weight excluding hydrogens is 182 g/mol. The van der Waals surface area contributed by atoms with Gasteiger partial charge in [0.1, 0.15) is 0 Å². The van der Waals surface area contributed by atoms with Gasteiger partial charge in [-0.05, 0) is 36.5 Å². The van der Waals surface area contributed by atoms with E-state index in [4.69, 9.17) is 0 Å². The van der Waals surface area contributed by atoms with E-state index in [1.54, 1.807) is 0 Å². The maximum absolute atomic E-state index is 3.85. The topological polar surface area (TPSA) is 12.0 Å². The number of hydrogen-bond acceptors (Lipinski definition) is 1. The zero-order chi connectivity index (χ0) is 10.9. The molecule has 1 N–H and O–H groups in total. The summed E-state index contributed by atoms with van der Waals surface area (Å²) >= 11 is 0. The van der Waals surface area contributed by atoms with Crippen molar-refractivity contribution in [2.75, 3.05) is 6.54 Å². The Hall–Kier alpha value is -0.0400. The maximum Gasteiger partial charge on any atom is 0.0118 e. The van der Waals surface area contributed by atoms with E-state index in [9.17, 15) is 0 Å². The highest BCUT2D eigenvalue weighted by atomic mass is 14.9. The van der Waals surface area contributed by atoms with Gasteiger partial charge in [0.05, 0.1) is 0 Å². The molecule has 2 aliphatic rings. The van der Waals surface area contributed by atoms with Gasteiger partial charge < -0.3 is 5.32 Å². The highest BCUT2D eigenvalue weighted by molar-refractivity contribution is 4.92. The second-order valence-electron chi connectivity index (χ2n) is 6.83. The molecule has 0 heterocycles. The fourth-order valence-electron chi connectivity index (χ4n) is 3.20. The lowest BCUT2D eigenvalue weighted by atomic mass is 9.69. The van der Waals surface area contributed by atoms with Crippen molar-refractivity contribution in [3.8, 4) is 0 Å². The van der Waals surface area contributed by atoms with Gasteiger partial charge >= 0.3 is 0 Å². The SMILES string of the molecule is CC1(CNC2CCCCC2(C)C)CCC1. The average Bonchev–Trinajstić information content (AvgIpc) is 2.13. The first-order chi connectivity index (χ1) is 7.02. The lowest BCUT2D eigenvalue weighted by Gasteiger charge is -2.44. The fourth-order valence-corrected chi connectivity index (χ4v) is 3.20. The average molecular weight is 209 g/mol. The van der Waals surface area contributed by atoms with Crippen LogP contribution in [-0.4, -0.2) is 12.6 Å². The van der Waals surface area contributed by atoms with Gasteiger partial charge in [0.15, 0.2) is 0 Å². The molecule has 1 heteroatoms. The fraction of sp³-hybridized carbons (Fsp3) is 1.00. The van der Waals surface area contributed by atoms with Crippen LogP contribution in [0.5, 0.6) is 0 Å². The minimum absolute atomic E-state index is 0.526. The predicted octanol–water partition coefficient (Wildman–Crippen LogP) is 3.74. The second kappa shape index (κ2) is 4.08. The molecule has 0 aromatic carbocycles. The summed E-state index contributed by atoms with van der Waals surface area (Å²) in [6, 6.07) is 0.767. The molecule has 1 atom stereocenters. The molecule has 2 rings (SSSR count). The van der Waals surface area contributed by atoms with Gasteiger partial charge in [0.2, 0.25) is 0 Å². The van der Waals surface area contributed by atoms with Crippen LogP contribution in [0.2, 0.25) is 0 Å². The summed E-state index contributed by atoms with van der Waals surface area (Å²) in [5.41, 5.74) is 1.16. The summed E-state index contributed by atoms with van der Waals surface area (Å²) in [4.78, 5) is 0. The summed E-state index contributed by atoms with van der Waals surface area (Å²) in [6.07, 6.45) is 9.98. The Morgan fingerprint density at radius 1 is 1.00 bits per heavy atom. The largest absolute Gasteiger partial charge is 0.313 e. The quantitative estimate of drug-likeness (QED) is 0.746. The highest BCUT2D eigenvalue weighted by Gasteiger charge is 2.36. The van der Waals surface area contributed by atoms with Crippen LogP contribution in [0.4, 0.5) is 0 Å². The van der Waals surface area contributed by atoms with Crippen LogP contribution in [0.1, 0.15) is 65.7 Å². The van der Waals surface area contributed by atoms with Crippen LogP contribution < -0.4 is 5.32 Å². The van der Waals surface area contributed by atoms with Gasteiger partial charge in [0, 0.05) is 12.6 Å². The number of rotatable bonds is 3. The summed E-state index contributed by atoms with van der Waals surface area (Å²) in [6.45, 7) is 8.57. The molecule has 1 nitrogen and oxygen atoms in total. The Morgan fingerprint density at radius 3 is 2.27 bits per heavy atom. The van der Waals surface area contributed by atoms with E-state index in [-0.39, 0.29) is 0 Å². The summed E-state index contributed by atoms with van der Waals surface area (Å²) in [5, 5.41) is 3.85. The van der Waals surface area contributed by atoms with Gasteiger partial charge in [-0.15, -0.1) is 0 Å². The first-order valence-corrected chi connectivity index (χ1v) is 6.75. The molecule has 2 saturated carbocycles. The van der Waals surface area contributed by atoms with E-state index >= 15 is 0 Å². The Bertz CT molecular complexity index is 215. The molecule has 0 aromatic heterocycles. The van der Waals surface area contributed by atoms with Crippen LogP contribution in [0, 0.1) is 10.8 Å². The van der Waals surface area contributed by atoms with Crippen molar-refractivity contribution in [1.82, 2.24) is 5.32 Å². The van der Waals surface area contributed by atoms with Gasteiger partial charge in [-0.25, -0.2) is 0 Å². The van der Waals surface area contributed by atoms with Crippen molar-refractivity contribution in [2.24, 2.45) is 10.8 Å². The smallest absolute Gasteiger partial charge is 0.0118 e. The van der Waals surface area contributed by atoms with Gasteiger partial charge in [-0.1, -0.05) is 40.0 Å². The van der Waals surface area contributed by atoms with Gasteiger partial charge in [-0.2, -0.15) is 0 Å². The molecule has 15 heavy (non-hydrogen) atoms. The first-order valence-electron chi connectivity index (χ1n) is 6.75. The first kappa shape index (κ1) is 11.4. The van der Waals surface area contributed by atoms with Crippen LogP contribution in [0.25, 0.3) is 0 Å². The van der Waals surface area contributed by atoms with Crippen LogP contribution in [0.3, 0.4) is 0 Å². The normalized spacial score (nSPS) is 33.4. The van der Waals surface area contributed by atoms with Crippen molar-refractivity contribution >= 4 is 0 Å². The van der Waals surface area contributed by atoms with Crippen molar-refractivity contribution in [3.63, 3.8) is 0 Å². The Labute approximate surface area is 95.0 Å². The Morgan fingerprint density at radius 2 is 1.73 bits per heavy atom. The summed E-state index contributed by atoms with van der Waals surface area (Å²) < 4.78 is 0. The lowest BCUT2D eigenvalue weighted by molar-refractivity contribution is 0.110. The zero-order valence-corrected chi connectivity index (χ0v) is 10.7. The van der Waals surface area contributed by atoms with E-state index in [2.05, 4.69) is 26.1 Å². The molecule has 88 valence electrons. The van der Waals surface area contributed by atoms with Crippen molar-refractivity contribution in [2.45, 2.75) is 71.8 Å². The van der Waals surface area contributed by atoms with E-state index in [0.717, 1.165) is 6.04 Å². The van der Waals surface area contributed by atoms with E-state index in [0.29, 0.717) is 10.8 Å². The third-order valence-corrected chi connectivity index (χ3v) is 4.84. The minimum Gasteiger partial charge on any atom is -0.313 e. The molecule has 0 saturated heterocycles. The zero-order valence-electron chi connectivity index (χ0n) is 10.7. The molecule has 0 aromatic rings. The molecule has 0 aliphatic heterocycles.